The second-order valence-electron chi connectivity index (χ2n) is 7.27. The fraction of sp³-hybridized carbons (Fsp3) is 0.273. The van der Waals surface area contributed by atoms with E-state index in [9.17, 15) is 18.0 Å². The summed E-state index contributed by atoms with van der Waals surface area (Å²) in [6.07, 6.45) is -1.74. The first-order valence-corrected chi connectivity index (χ1v) is 11.0. The van der Waals surface area contributed by atoms with Gasteiger partial charge in [-0.3, -0.25) is 4.79 Å². The number of nitrogens with one attached hydrogen (secondary N) is 2. The van der Waals surface area contributed by atoms with Crippen LogP contribution in [-0.2, 0) is 0 Å². The van der Waals surface area contributed by atoms with Gasteiger partial charge in [0.15, 0.2) is 6.04 Å². The average molecular weight is 462 g/mol. The summed E-state index contributed by atoms with van der Waals surface area (Å²) in [7, 11) is 1.50. The molecule has 10 heteroatoms. The van der Waals surface area contributed by atoms with Crippen LogP contribution in [0, 0.1) is 0 Å². The van der Waals surface area contributed by atoms with Crippen LogP contribution in [0.4, 0.5) is 24.7 Å². The number of hydrogen-bond donors (Lipinski definition) is 2. The number of anilines is 2. The van der Waals surface area contributed by atoms with Crippen LogP contribution in [-0.4, -0.2) is 35.2 Å². The fourth-order valence-corrected chi connectivity index (χ4v) is 4.30. The van der Waals surface area contributed by atoms with Crippen LogP contribution < -0.4 is 15.4 Å². The third-order valence-corrected chi connectivity index (χ3v) is 6.13. The van der Waals surface area contributed by atoms with E-state index in [1.807, 2.05) is 18.4 Å². The van der Waals surface area contributed by atoms with Gasteiger partial charge in [0.1, 0.15) is 17.1 Å². The maximum atomic E-state index is 13.9. The molecule has 32 heavy (non-hydrogen) atoms. The van der Waals surface area contributed by atoms with Gasteiger partial charge in [-0.05, 0) is 36.1 Å². The summed E-state index contributed by atoms with van der Waals surface area (Å²) in [6, 6.07) is 11.5. The van der Waals surface area contributed by atoms with Crippen LogP contribution in [0.1, 0.15) is 34.4 Å². The number of alkyl halides is 3. The lowest BCUT2D eigenvalue weighted by Gasteiger charge is -2.34. The Morgan fingerprint density at radius 1 is 1.25 bits per heavy atom. The van der Waals surface area contributed by atoms with E-state index in [1.54, 1.807) is 36.4 Å². The summed E-state index contributed by atoms with van der Waals surface area (Å²) in [5, 5.41) is 9.79. The second kappa shape index (κ2) is 8.78. The quantitative estimate of drug-likeness (QED) is 0.489. The summed E-state index contributed by atoms with van der Waals surface area (Å²) in [5.74, 6) is 0.0385. The molecular formula is C22H21F3N4O2S. The summed E-state index contributed by atoms with van der Waals surface area (Å²) in [4.78, 5) is 13.8. The molecule has 0 saturated heterocycles. The standard InChI is InChI=1S/C22H21F3N4O2S/c1-31-14-7-5-6-13(10-14)17-11-19(22(23,24)25)29-20(27-17)15(12-26-29)21(30)28-16-8-3-4-9-18(16)32-2/h3-10,12,17,19,27H,11H2,1-2H3,(H,28,30)/t17-,19+/m1/s1. The molecule has 2 atom stereocenters. The first kappa shape index (κ1) is 22.1. The lowest BCUT2D eigenvalue weighted by molar-refractivity contribution is -0.173. The molecule has 4 rings (SSSR count). The Balaban J connectivity index is 1.70. The topological polar surface area (TPSA) is 68.2 Å². The van der Waals surface area contributed by atoms with Crippen molar-refractivity contribution in [1.82, 2.24) is 9.78 Å². The van der Waals surface area contributed by atoms with Crippen LogP contribution in [0.25, 0.3) is 0 Å². The average Bonchev–Trinajstić information content (AvgIpc) is 3.22. The molecule has 0 radical (unpaired) electrons. The van der Waals surface area contributed by atoms with Crippen LogP contribution in [0.2, 0.25) is 0 Å². The van der Waals surface area contributed by atoms with Crippen molar-refractivity contribution in [2.24, 2.45) is 0 Å². The minimum atomic E-state index is -4.53. The molecule has 2 heterocycles. The summed E-state index contributed by atoms with van der Waals surface area (Å²) in [6.45, 7) is 0. The minimum absolute atomic E-state index is 0.0329. The molecule has 0 bridgehead atoms. The molecule has 0 aliphatic carbocycles. The number of carbonyl (C=O) groups is 1. The summed E-state index contributed by atoms with van der Waals surface area (Å²) in [5.41, 5.74) is 1.25. The third kappa shape index (κ3) is 4.27. The SMILES string of the molecule is COc1cccc([C@H]2C[C@@H](C(F)(F)F)n3ncc(C(=O)Nc4ccccc4SC)c3N2)c1. The number of nitrogens with zero attached hydrogens (tertiary/aromatic N) is 2. The number of para-hydroxylation sites is 1. The number of aromatic nitrogens is 2. The monoisotopic (exact) mass is 462 g/mol. The van der Waals surface area contributed by atoms with Crippen molar-refractivity contribution in [3.05, 3.63) is 65.9 Å². The number of amides is 1. The van der Waals surface area contributed by atoms with Crippen LogP contribution >= 0.6 is 11.8 Å². The molecule has 1 aromatic heterocycles. The van der Waals surface area contributed by atoms with Gasteiger partial charge in [-0.25, -0.2) is 4.68 Å². The zero-order valence-electron chi connectivity index (χ0n) is 17.3. The van der Waals surface area contributed by atoms with Crippen molar-refractivity contribution in [2.45, 2.75) is 29.6 Å². The van der Waals surface area contributed by atoms with Crippen LogP contribution in [0.5, 0.6) is 5.75 Å². The molecule has 1 aliphatic rings. The molecular weight excluding hydrogens is 441 g/mol. The smallest absolute Gasteiger partial charge is 0.410 e. The lowest BCUT2D eigenvalue weighted by atomic mass is 9.96. The van der Waals surface area contributed by atoms with Crippen molar-refractivity contribution in [2.75, 3.05) is 24.0 Å². The molecule has 0 fully saturated rings. The molecule has 3 aromatic rings. The van der Waals surface area contributed by atoms with Crippen LogP contribution in [0.3, 0.4) is 0 Å². The minimum Gasteiger partial charge on any atom is -0.497 e. The van der Waals surface area contributed by atoms with Gasteiger partial charge in [0.2, 0.25) is 0 Å². The summed E-state index contributed by atoms with van der Waals surface area (Å²) < 4.78 is 47.7. The van der Waals surface area contributed by atoms with Crippen molar-refractivity contribution >= 4 is 29.2 Å². The normalized spacial score (nSPS) is 17.9. The highest BCUT2D eigenvalue weighted by Crippen LogP contribution is 2.44. The Morgan fingerprint density at radius 3 is 2.75 bits per heavy atom. The van der Waals surface area contributed by atoms with Gasteiger partial charge in [-0.1, -0.05) is 24.3 Å². The van der Waals surface area contributed by atoms with Crippen LogP contribution in [0.15, 0.2) is 59.6 Å². The van der Waals surface area contributed by atoms with Crippen molar-refractivity contribution in [3.8, 4) is 5.75 Å². The largest absolute Gasteiger partial charge is 0.497 e. The lowest BCUT2D eigenvalue weighted by Crippen LogP contribution is -2.36. The number of rotatable bonds is 5. The maximum Gasteiger partial charge on any atom is 0.410 e. The van der Waals surface area contributed by atoms with Gasteiger partial charge < -0.3 is 15.4 Å². The van der Waals surface area contributed by atoms with Crippen molar-refractivity contribution in [3.63, 3.8) is 0 Å². The van der Waals surface area contributed by atoms with Crippen molar-refractivity contribution in [1.29, 1.82) is 0 Å². The zero-order chi connectivity index (χ0) is 22.9. The van der Waals surface area contributed by atoms with Gasteiger partial charge in [0.05, 0.1) is 25.0 Å². The van der Waals surface area contributed by atoms with Gasteiger partial charge >= 0.3 is 6.18 Å². The highest BCUT2D eigenvalue weighted by Gasteiger charge is 2.47. The molecule has 2 N–H and O–H groups in total. The van der Waals surface area contributed by atoms with E-state index in [2.05, 4.69) is 15.7 Å². The number of ether oxygens (including phenoxy) is 1. The van der Waals surface area contributed by atoms with E-state index in [-0.39, 0.29) is 17.8 Å². The van der Waals surface area contributed by atoms with Gasteiger partial charge in [-0.2, -0.15) is 18.3 Å². The van der Waals surface area contributed by atoms with E-state index >= 15 is 0 Å². The number of carbonyl (C=O) groups excluding carboxylic acids is 1. The fourth-order valence-electron chi connectivity index (χ4n) is 3.74. The molecule has 168 valence electrons. The Morgan fingerprint density at radius 2 is 2.03 bits per heavy atom. The maximum absolute atomic E-state index is 13.9. The molecule has 1 aliphatic heterocycles. The summed E-state index contributed by atoms with van der Waals surface area (Å²) >= 11 is 1.46. The number of fused-ring (bicyclic) bond motifs is 1. The number of methoxy groups -OCH3 is 1. The van der Waals surface area contributed by atoms with E-state index < -0.39 is 24.2 Å². The van der Waals surface area contributed by atoms with Crippen molar-refractivity contribution < 1.29 is 22.7 Å². The number of thioether (sulfide) groups is 1. The zero-order valence-corrected chi connectivity index (χ0v) is 18.1. The first-order valence-electron chi connectivity index (χ1n) is 9.81. The molecule has 0 unspecified atom stereocenters. The third-order valence-electron chi connectivity index (χ3n) is 5.33. The second-order valence-corrected chi connectivity index (χ2v) is 8.12. The Kier molecular flexibility index (Phi) is 6.05. The number of hydrogen-bond acceptors (Lipinski definition) is 5. The first-order chi connectivity index (χ1) is 15.3. The highest BCUT2D eigenvalue weighted by molar-refractivity contribution is 7.98. The van der Waals surface area contributed by atoms with E-state index in [4.69, 9.17) is 4.74 Å². The molecule has 0 saturated carbocycles. The Hall–Kier alpha value is -3.14. The van der Waals surface area contributed by atoms with E-state index in [1.165, 1.54) is 25.1 Å². The molecule has 2 aromatic carbocycles. The Bertz CT molecular complexity index is 1130. The van der Waals surface area contributed by atoms with E-state index in [0.29, 0.717) is 17.0 Å². The predicted molar refractivity (Wildman–Crippen MR) is 117 cm³/mol. The number of benzene rings is 2. The molecule has 0 spiro atoms. The Labute approximate surface area is 187 Å². The van der Waals surface area contributed by atoms with Gasteiger partial charge in [0.25, 0.3) is 5.91 Å². The molecule has 6 nitrogen and oxygen atoms in total. The van der Waals surface area contributed by atoms with E-state index in [0.717, 1.165) is 9.58 Å². The molecule has 1 amide bonds. The highest BCUT2D eigenvalue weighted by atomic mass is 32.2. The predicted octanol–water partition coefficient (Wildman–Crippen LogP) is 5.53. The number of halogens is 3. The van der Waals surface area contributed by atoms with Gasteiger partial charge in [0, 0.05) is 11.3 Å². The van der Waals surface area contributed by atoms with Gasteiger partial charge in [-0.15, -0.1) is 11.8 Å².